The maximum absolute atomic E-state index is 12.8. The van der Waals surface area contributed by atoms with Crippen molar-refractivity contribution in [3.05, 3.63) is 71.6 Å². The van der Waals surface area contributed by atoms with Crippen molar-refractivity contribution in [3.8, 4) is 5.75 Å². The highest BCUT2D eigenvalue weighted by Crippen LogP contribution is 2.38. The normalized spacial score (nSPS) is 20.7. The second-order valence-corrected chi connectivity index (χ2v) is 10.6. The molecule has 1 N–H and O–H groups in total. The molecule has 0 radical (unpaired) electrons. The molecule has 1 atom stereocenters. The summed E-state index contributed by atoms with van der Waals surface area (Å²) in [5, 5.41) is 0.923. The molecule has 4 heterocycles. The van der Waals surface area contributed by atoms with E-state index < -0.39 is 22.2 Å². The first-order valence-electron chi connectivity index (χ1n) is 11.5. The zero-order chi connectivity index (χ0) is 24.6. The van der Waals surface area contributed by atoms with E-state index in [4.69, 9.17) is 9.47 Å². The summed E-state index contributed by atoms with van der Waals surface area (Å²) in [7, 11) is -2.41. The summed E-state index contributed by atoms with van der Waals surface area (Å²) >= 11 is 0. The van der Waals surface area contributed by atoms with Crippen LogP contribution in [0.3, 0.4) is 0 Å². The van der Waals surface area contributed by atoms with E-state index in [1.54, 1.807) is 25.4 Å². The van der Waals surface area contributed by atoms with Crippen LogP contribution in [0.5, 0.6) is 5.75 Å². The molecule has 2 aromatic carbocycles. The fraction of sp³-hybridized carbons (Fsp3) is 0.308. The summed E-state index contributed by atoms with van der Waals surface area (Å²) in [5.74, 6) is 0.853. The second-order valence-electron chi connectivity index (χ2n) is 8.92. The van der Waals surface area contributed by atoms with Gasteiger partial charge in [-0.1, -0.05) is 17.7 Å². The van der Waals surface area contributed by atoms with Gasteiger partial charge in [-0.05, 0) is 67.8 Å². The molecular weight excluding hydrogens is 466 g/mol. The van der Waals surface area contributed by atoms with E-state index in [2.05, 4.69) is 14.6 Å². The summed E-state index contributed by atoms with van der Waals surface area (Å²) in [5.41, 5.74) is 3.55. The van der Waals surface area contributed by atoms with Gasteiger partial charge in [-0.25, -0.2) is 17.9 Å². The lowest BCUT2D eigenvalue weighted by molar-refractivity contribution is 0.00697. The number of nitrogens with one attached hydrogen (secondary N) is 1. The summed E-state index contributed by atoms with van der Waals surface area (Å²) in [6.07, 6.45) is 4.00. The lowest BCUT2D eigenvalue weighted by Crippen LogP contribution is -2.51. The van der Waals surface area contributed by atoms with Gasteiger partial charge in [0.1, 0.15) is 11.9 Å². The number of ether oxygens (including phenoxy) is 2. The van der Waals surface area contributed by atoms with Crippen LogP contribution in [0.1, 0.15) is 24.0 Å². The number of pyridine rings is 1. The van der Waals surface area contributed by atoms with Crippen LogP contribution < -0.4 is 9.46 Å². The molecule has 1 aromatic heterocycles. The van der Waals surface area contributed by atoms with E-state index in [9.17, 15) is 13.2 Å². The van der Waals surface area contributed by atoms with Crippen molar-refractivity contribution >= 4 is 33.1 Å². The van der Waals surface area contributed by atoms with E-state index in [-0.39, 0.29) is 10.8 Å². The molecule has 3 saturated heterocycles. The average molecular weight is 494 g/mol. The van der Waals surface area contributed by atoms with Gasteiger partial charge in [0.05, 0.1) is 23.2 Å². The van der Waals surface area contributed by atoms with E-state index in [0.29, 0.717) is 0 Å². The molecule has 0 aliphatic carbocycles. The van der Waals surface area contributed by atoms with Gasteiger partial charge in [-0.2, -0.15) is 0 Å². The van der Waals surface area contributed by atoms with Crippen LogP contribution in [0.4, 0.5) is 4.79 Å². The molecule has 3 aromatic rings. The Balaban J connectivity index is 1.43. The molecule has 182 valence electrons. The smallest absolute Gasteiger partial charge is 0.421 e. The number of aryl methyl sites for hydroxylation is 1. The number of amides is 1. The number of methoxy groups -OCH3 is 1. The first-order chi connectivity index (χ1) is 16.8. The van der Waals surface area contributed by atoms with Crippen molar-refractivity contribution in [3.63, 3.8) is 0 Å². The summed E-state index contributed by atoms with van der Waals surface area (Å²) in [4.78, 5) is 19.4. The van der Waals surface area contributed by atoms with Crippen LogP contribution in [-0.4, -0.2) is 50.7 Å². The zero-order valence-electron chi connectivity index (χ0n) is 19.6. The predicted molar refractivity (Wildman–Crippen MR) is 132 cm³/mol. The molecular formula is C26H27N3O5S. The van der Waals surface area contributed by atoms with Crippen LogP contribution in [0.25, 0.3) is 17.0 Å². The van der Waals surface area contributed by atoms with Gasteiger partial charge in [0.2, 0.25) is 0 Å². The van der Waals surface area contributed by atoms with Crippen LogP contribution in [-0.2, 0) is 14.8 Å². The standard InChI is InChI=1S/C26H27N3O5S/c1-17-3-6-21(7-4-17)35(31,32)28-26(30)34-25-18-10-13-29(14-11-18)24(25)15-19-9-12-27-23-8-5-20(33-2)16-22(19)23/h3-9,12,15-16,18,25H,10-11,13-14H2,1-2H3,(H,28,30). The van der Waals surface area contributed by atoms with Gasteiger partial charge in [0, 0.05) is 30.6 Å². The SMILES string of the molecule is COc1ccc2nccc(C=C3C(OC(=O)NS(=O)(=O)c4ccc(C)cc4)C4CCN3CC4)c2c1. The number of benzene rings is 2. The molecule has 3 aliphatic rings. The van der Waals surface area contributed by atoms with Gasteiger partial charge in [0.15, 0.2) is 0 Å². The Morgan fingerprint density at radius 2 is 1.86 bits per heavy atom. The molecule has 2 bridgehead atoms. The third-order valence-corrected chi connectivity index (χ3v) is 8.02. The zero-order valence-corrected chi connectivity index (χ0v) is 20.4. The molecule has 6 rings (SSSR count). The summed E-state index contributed by atoms with van der Waals surface area (Å²) < 4.78 is 38.6. The largest absolute Gasteiger partial charge is 0.497 e. The van der Waals surface area contributed by atoms with E-state index in [1.807, 2.05) is 37.3 Å². The molecule has 8 nitrogen and oxygen atoms in total. The number of piperidine rings is 3. The van der Waals surface area contributed by atoms with Crippen molar-refractivity contribution in [1.29, 1.82) is 0 Å². The fourth-order valence-electron chi connectivity index (χ4n) is 4.80. The number of carbonyl (C=O) groups excluding carboxylic acids is 1. The first kappa shape index (κ1) is 23.2. The highest BCUT2D eigenvalue weighted by Gasteiger charge is 2.41. The van der Waals surface area contributed by atoms with Gasteiger partial charge in [-0.15, -0.1) is 0 Å². The number of rotatable bonds is 5. The monoisotopic (exact) mass is 493 g/mol. The van der Waals surface area contributed by atoms with Crippen molar-refractivity contribution in [2.45, 2.75) is 30.8 Å². The van der Waals surface area contributed by atoms with Crippen LogP contribution in [0.2, 0.25) is 0 Å². The van der Waals surface area contributed by atoms with Crippen LogP contribution in [0.15, 0.2) is 65.3 Å². The number of sulfonamides is 1. The number of carbonyl (C=O) groups is 1. The van der Waals surface area contributed by atoms with Gasteiger partial charge in [0.25, 0.3) is 10.0 Å². The Kier molecular flexibility index (Phi) is 6.10. The highest BCUT2D eigenvalue weighted by molar-refractivity contribution is 7.90. The minimum absolute atomic E-state index is 0.0157. The molecule has 1 amide bonds. The molecule has 1 unspecified atom stereocenters. The fourth-order valence-corrected chi connectivity index (χ4v) is 5.68. The van der Waals surface area contributed by atoms with Crippen LogP contribution in [0, 0.1) is 12.8 Å². The Bertz CT molecular complexity index is 1390. The Hall–Kier alpha value is -3.59. The third-order valence-electron chi connectivity index (χ3n) is 6.69. The topological polar surface area (TPSA) is 97.8 Å². The molecule has 3 fully saturated rings. The molecule has 9 heteroatoms. The minimum atomic E-state index is -4.03. The number of hydrogen-bond donors (Lipinski definition) is 1. The second kappa shape index (κ2) is 9.22. The molecule has 35 heavy (non-hydrogen) atoms. The predicted octanol–water partition coefficient (Wildman–Crippen LogP) is 4.10. The Morgan fingerprint density at radius 3 is 2.57 bits per heavy atom. The number of hydrogen-bond acceptors (Lipinski definition) is 7. The quantitative estimate of drug-likeness (QED) is 0.571. The van der Waals surface area contributed by atoms with Crippen LogP contribution >= 0.6 is 0 Å². The highest BCUT2D eigenvalue weighted by atomic mass is 32.2. The lowest BCUT2D eigenvalue weighted by atomic mass is 9.82. The molecule has 0 spiro atoms. The summed E-state index contributed by atoms with van der Waals surface area (Å²) in [6.45, 7) is 3.60. The lowest BCUT2D eigenvalue weighted by Gasteiger charge is -2.47. The number of aromatic nitrogens is 1. The van der Waals surface area contributed by atoms with Crippen molar-refractivity contribution < 1.29 is 22.7 Å². The Labute approximate surface area is 204 Å². The molecule has 3 aliphatic heterocycles. The number of fused-ring (bicyclic) bond motifs is 4. The maximum Gasteiger partial charge on any atom is 0.421 e. The van der Waals surface area contributed by atoms with E-state index in [0.717, 1.165) is 59.4 Å². The third kappa shape index (κ3) is 4.68. The minimum Gasteiger partial charge on any atom is -0.497 e. The Morgan fingerprint density at radius 1 is 1.11 bits per heavy atom. The van der Waals surface area contributed by atoms with Crippen molar-refractivity contribution in [2.24, 2.45) is 5.92 Å². The molecule has 0 saturated carbocycles. The van der Waals surface area contributed by atoms with Gasteiger partial charge < -0.3 is 14.4 Å². The first-order valence-corrected chi connectivity index (χ1v) is 13.0. The van der Waals surface area contributed by atoms with Gasteiger partial charge >= 0.3 is 6.09 Å². The number of nitrogens with zero attached hydrogens (tertiary/aromatic N) is 2. The maximum atomic E-state index is 12.8. The van der Waals surface area contributed by atoms with Gasteiger partial charge in [-0.3, -0.25) is 4.98 Å². The van der Waals surface area contributed by atoms with Crippen molar-refractivity contribution in [1.82, 2.24) is 14.6 Å². The summed E-state index contributed by atoms with van der Waals surface area (Å²) in [6, 6.07) is 13.9. The average Bonchev–Trinajstić information content (AvgIpc) is 2.86. The van der Waals surface area contributed by atoms with E-state index >= 15 is 0 Å². The van der Waals surface area contributed by atoms with E-state index in [1.165, 1.54) is 12.1 Å². The van der Waals surface area contributed by atoms with Crippen molar-refractivity contribution in [2.75, 3.05) is 20.2 Å².